The van der Waals surface area contributed by atoms with Gasteiger partial charge in [-0.15, -0.1) is 0 Å². The Morgan fingerprint density at radius 1 is 1.00 bits per heavy atom. The maximum atomic E-state index is 12.2. The number of ether oxygens (including phenoxy) is 1. The van der Waals surface area contributed by atoms with E-state index in [1.54, 1.807) is 30.3 Å². The van der Waals surface area contributed by atoms with Gasteiger partial charge in [-0.2, -0.15) is 0 Å². The molecule has 0 aliphatic carbocycles. The van der Waals surface area contributed by atoms with E-state index >= 15 is 0 Å². The van der Waals surface area contributed by atoms with Crippen LogP contribution in [0.15, 0.2) is 54.6 Å². The van der Waals surface area contributed by atoms with Gasteiger partial charge < -0.3 is 10.1 Å². The van der Waals surface area contributed by atoms with Gasteiger partial charge >= 0.3 is 5.97 Å². The monoisotopic (exact) mass is 415 g/mol. The van der Waals surface area contributed by atoms with Crippen LogP contribution in [-0.4, -0.2) is 30.1 Å². The second-order valence-electron chi connectivity index (χ2n) is 5.41. The van der Waals surface area contributed by atoms with E-state index < -0.39 is 5.97 Å². The van der Waals surface area contributed by atoms with Crippen LogP contribution in [-0.2, 0) is 16.1 Å². The zero-order valence-electron chi connectivity index (χ0n) is 14.2. The Bertz CT molecular complexity index is 811. The summed E-state index contributed by atoms with van der Waals surface area (Å²) in [6, 6.07) is 14.0. The van der Waals surface area contributed by atoms with Gasteiger partial charge in [-0.25, -0.2) is 4.79 Å². The number of rotatable bonds is 7. The highest BCUT2D eigenvalue weighted by molar-refractivity contribution is 9.09. The van der Waals surface area contributed by atoms with Crippen LogP contribution in [0.5, 0.6) is 0 Å². The Balaban J connectivity index is 1.91. The molecule has 134 valence electrons. The first-order valence-corrected chi connectivity index (χ1v) is 8.98. The number of nitrogens with one attached hydrogen (secondary N) is 1. The standard InChI is InChI=1S/C20H18BrNO4/c1-26-19(24)11-6-14-2-4-15(5-3-14)13-22-20(25)17-9-7-16(8-10-17)18(23)12-21/h2-11H,12-13H2,1H3,(H,22,25)/b11-6+. The highest BCUT2D eigenvalue weighted by Crippen LogP contribution is 2.09. The van der Waals surface area contributed by atoms with Crippen molar-refractivity contribution in [2.75, 3.05) is 12.4 Å². The summed E-state index contributed by atoms with van der Waals surface area (Å²) in [5.74, 6) is -0.652. The van der Waals surface area contributed by atoms with Gasteiger partial charge in [0, 0.05) is 23.7 Å². The van der Waals surface area contributed by atoms with Crippen molar-refractivity contribution in [1.29, 1.82) is 0 Å². The fourth-order valence-electron chi connectivity index (χ4n) is 2.15. The van der Waals surface area contributed by atoms with Gasteiger partial charge in [0.25, 0.3) is 5.91 Å². The Hall–Kier alpha value is -2.73. The maximum Gasteiger partial charge on any atom is 0.330 e. The lowest BCUT2D eigenvalue weighted by Crippen LogP contribution is -2.22. The Kier molecular flexibility index (Phi) is 7.29. The molecule has 0 bridgehead atoms. The molecule has 0 radical (unpaired) electrons. The van der Waals surface area contributed by atoms with Gasteiger partial charge in [0.1, 0.15) is 0 Å². The number of esters is 1. The number of carbonyl (C=O) groups is 3. The largest absolute Gasteiger partial charge is 0.466 e. The summed E-state index contributed by atoms with van der Waals surface area (Å²) in [4.78, 5) is 34.8. The Morgan fingerprint density at radius 2 is 1.62 bits per heavy atom. The van der Waals surface area contributed by atoms with E-state index in [9.17, 15) is 14.4 Å². The topological polar surface area (TPSA) is 72.5 Å². The van der Waals surface area contributed by atoms with Crippen molar-refractivity contribution in [3.8, 4) is 0 Å². The van der Waals surface area contributed by atoms with Crippen molar-refractivity contribution < 1.29 is 19.1 Å². The average Bonchev–Trinajstić information content (AvgIpc) is 2.70. The molecule has 1 N–H and O–H groups in total. The second kappa shape index (κ2) is 9.68. The van der Waals surface area contributed by atoms with Crippen LogP contribution in [0.3, 0.4) is 0 Å². The number of Topliss-reactive ketones (excluding diaryl/α,β-unsaturated/α-hetero) is 1. The van der Waals surface area contributed by atoms with Gasteiger partial charge in [-0.05, 0) is 29.3 Å². The summed E-state index contributed by atoms with van der Waals surface area (Å²) < 4.78 is 4.54. The number of hydrogen-bond acceptors (Lipinski definition) is 4. The highest BCUT2D eigenvalue weighted by Gasteiger charge is 2.08. The van der Waals surface area contributed by atoms with Crippen molar-refractivity contribution in [2.24, 2.45) is 0 Å². The van der Waals surface area contributed by atoms with Crippen LogP contribution in [0.4, 0.5) is 0 Å². The van der Waals surface area contributed by atoms with Gasteiger partial charge in [-0.1, -0.05) is 52.3 Å². The lowest BCUT2D eigenvalue weighted by Gasteiger charge is -2.06. The molecule has 2 aromatic carbocycles. The molecule has 0 heterocycles. The number of amides is 1. The minimum Gasteiger partial charge on any atom is -0.466 e. The molecule has 6 heteroatoms. The molecule has 1 amide bonds. The van der Waals surface area contributed by atoms with E-state index in [0.717, 1.165) is 11.1 Å². The average molecular weight is 416 g/mol. The molecule has 0 saturated heterocycles. The fourth-order valence-corrected chi connectivity index (χ4v) is 2.47. The summed E-state index contributed by atoms with van der Waals surface area (Å²) in [7, 11) is 1.32. The van der Waals surface area contributed by atoms with Crippen molar-refractivity contribution >= 4 is 39.7 Å². The number of methoxy groups -OCH3 is 1. The minimum absolute atomic E-state index is 0.0294. The van der Waals surface area contributed by atoms with E-state index in [-0.39, 0.29) is 17.0 Å². The maximum absolute atomic E-state index is 12.2. The molecule has 0 spiro atoms. The zero-order valence-corrected chi connectivity index (χ0v) is 15.8. The summed E-state index contributed by atoms with van der Waals surface area (Å²) in [6.45, 7) is 0.377. The molecule has 0 saturated carbocycles. The van der Waals surface area contributed by atoms with E-state index in [2.05, 4.69) is 26.0 Å². The SMILES string of the molecule is COC(=O)/C=C/c1ccc(CNC(=O)c2ccc(C(=O)CBr)cc2)cc1. The molecule has 0 aliphatic heterocycles. The predicted molar refractivity (Wildman–Crippen MR) is 103 cm³/mol. The summed E-state index contributed by atoms with van der Waals surface area (Å²) in [6.07, 6.45) is 3.00. The van der Waals surface area contributed by atoms with Gasteiger partial charge in [0.2, 0.25) is 0 Å². The first-order valence-electron chi connectivity index (χ1n) is 7.86. The predicted octanol–water partition coefficient (Wildman–Crippen LogP) is 3.38. The molecule has 0 aliphatic rings. The third-order valence-electron chi connectivity index (χ3n) is 3.64. The Morgan fingerprint density at radius 3 is 2.19 bits per heavy atom. The van der Waals surface area contributed by atoms with Crippen molar-refractivity contribution in [3.05, 3.63) is 76.9 Å². The molecule has 2 rings (SSSR count). The third kappa shape index (κ3) is 5.67. The van der Waals surface area contributed by atoms with E-state index in [0.29, 0.717) is 17.7 Å². The van der Waals surface area contributed by atoms with Crippen molar-refractivity contribution in [1.82, 2.24) is 5.32 Å². The van der Waals surface area contributed by atoms with Crippen LogP contribution in [0.25, 0.3) is 6.08 Å². The van der Waals surface area contributed by atoms with Crippen molar-refractivity contribution in [3.63, 3.8) is 0 Å². The van der Waals surface area contributed by atoms with E-state index in [1.165, 1.54) is 13.2 Å². The van der Waals surface area contributed by atoms with E-state index in [4.69, 9.17) is 0 Å². The second-order valence-corrected chi connectivity index (χ2v) is 5.98. The quantitative estimate of drug-likeness (QED) is 0.325. The van der Waals surface area contributed by atoms with Crippen LogP contribution in [0.1, 0.15) is 31.8 Å². The Labute approximate surface area is 160 Å². The number of alkyl halides is 1. The smallest absolute Gasteiger partial charge is 0.330 e. The molecule has 2 aromatic rings. The molecule has 5 nitrogen and oxygen atoms in total. The molecule has 26 heavy (non-hydrogen) atoms. The number of hydrogen-bond donors (Lipinski definition) is 1. The van der Waals surface area contributed by atoms with E-state index in [1.807, 2.05) is 24.3 Å². The molecular weight excluding hydrogens is 398 g/mol. The van der Waals surface area contributed by atoms with Crippen molar-refractivity contribution in [2.45, 2.75) is 6.54 Å². The third-order valence-corrected chi connectivity index (χ3v) is 4.15. The lowest BCUT2D eigenvalue weighted by molar-refractivity contribution is -0.134. The zero-order chi connectivity index (χ0) is 18.9. The normalized spacial score (nSPS) is 10.5. The first-order chi connectivity index (χ1) is 12.5. The summed E-state index contributed by atoms with van der Waals surface area (Å²) in [5, 5.41) is 3.08. The highest BCUT2D eigenvalue weighted by atomic mass is 79.9. The molecule has 0 atom stereocenters. The van der Waals surface area contributed by atoms with Gasteiger partial charge in [0.05, 0.1) is 12.4 Å². The molecule has 0 aromatic heterocycles. The molecule has 0 fully saturated rings. The van der Waals surface area contributed by atoms with Gasteiger partial charge in [0.15, 0.2) is 5.78 Å². The first kappa shape index (κ1) is 19.6. The fraction of sp³-hybridized carbons (Fsp3) is 0.150. The number of halogens is 1. The lowest BCUT2D eigenvalue weighted by atomic mass is 10.1. The van der Waals surface area contributed by atoms with Crippen LogP contribution in [0.2, 0.25) is 0 Å². The summed E-state index contributed by atoms with van der Waals surface area (Å²) >= 11 is 3.12. The van der Waals surface area contributed by atoms with Gasteiger partial charge in [-0.3, -0.25) is 9.59 Å². The molecular formula is C20H18BrNO4. The number of ketones is 1. The minimum atomic E-state index is -0.412. The van der Waals surface area contributed by atoms with Crippen LogP contribution in [0, 0.1) is 0 Å². The number of carbonyl (C=O) groups excluding carboxylic acids is 3. The van der Waals surface area contributed by atoms with Crippen LogP contribution < -0.4 is 5.32 Å². The summed E-state index contributed by atoms with van der Waals surface area (Å²) in [5.41, 5.74) is 2.85. The van der Waals surface area contributed by atoms with Crippen LogP contribution >= 0.6 is 15.9 Å². The molecule has 0 unspecified atom stereocenters. The number of benzene rings is 2.